The zero-order valence-electron chi connectivity index (χ0n) is 17.0. The van der Waals surface area contributed by atoms with Crippen molar-refractivity contribution in [3.63, 3.8) is 0 Å². The molecule has 4 aromatic carbocycles. The molecule has 4 nitrogen and oxygen atoms in total. The minimum atomic E-state index is -0.117. The van der Waals surface area contributed by atoms with Crippen molar-refractivity contribution in [2.24, 2.45) is 0 Å². The number of fused-ring (bicyclic) bond motifs is 2. The van der Waals surface area contributed by atoms with E-state index in [-0.39, 0.29) is 12.2 Å². The second kappa shape index (κ2) is 8.65. The smallest absolute Gasteiger partial charge is 0.261 e. The van der Waals surface area contributed by atoms with E-state index in [1.54, 1.807) is 22.8 Å². The van der Waals surface area contributed by atoms with Gasteiger partial charge in [-0.2, -0.15) is 0 Å². The van der Waals surface area contributed by atoms with Gasteiger partial charge in [0.15, 0.2) is 0 Å². The molecule has 0 amide bonds. The Morgan fingerprint density at radius 1 is 0.812 bits per heavy atom. The molecule has 0 saturated heterocycles. The predicted molar refractivity (Wildman–Crippen MR) is 131 cm³/mol. The van der Waals surface area contributed by atoms with Gasteiger partial charge >= 0.3 is 0 Å². The predicted octanol–water partition coefficient (Wildman–Crippen LogP) is 6.60. The number of rotatable bonds is 5. The molecule has 0 fully saturated rings. The van der Waals surface area contributed by atoms with E-state index < -0.39 is 0 Å². The van der Waals surface area contributed by atoms with E-state index in [1.807, 2.05) is 66.7 Å². The molecule has 6 heteroatoms. The summed E-state index contributed by atoms with van der Waals surface area (Å²) in [6.45, 7) is 0.572. The number of para-hydroxylation sites is 1. The zero-order chi connectivity index (χ0) is 22.1. The molecule has 0 saturated carbocycles. The molecule has 5 rings (SSSR count). The lowest BCUT2D eigenvalue weighted by Crippen LogP contribution is -2.26. The monoisotopic (exact) mass is 460 g/mol. The minimum absolute atomic E-state index is 0.117. The summed E-state index contributed by atoms with van der Waals surface area (Å²) in [7, 11) is 0. The Kier molecular flexibility index (Phi) is 5.56. The second-order valence-electron chi connectivity index (χ2n) is 7.36. The zero-order valence-corrected chi connectivity index (χ0v) is 18.5. The van der Waals surface area contributed by atoms with Gasteiger partial charge in [-0.3, -0.25) is 9.36 Å². The summed E-state index contributed by atoms with van der Waals surface area (Å²) in [5.41, 5.74) is 1.34. The van der Waals surface area contributed by atoms with Gasteiger partial charge in [0.25, 0.3) is 5.56 Å². The highest BCUT2D eigenvalue weighted by atomic mass is 35.5. The number of nitrogens with zero attached hydrogens (tertiary/aromatic N) is 2. The Balaban J connectivity index is 1.54. The van der Waals surface area contributed by atoms with Gasteiger partial charge in [-0.15, -0.1) is 0 Å². The SMILES string of the molecule is O=c1c2ccccc2nc(-c2ccc(Cl)cc2)n1CCOc1c(Cl)ccc2ccccc12. The van der Waals surface area contributed by atoms with Crippen LogP contribution in [0, 0.1) is 0 Å². The molecule has 0 aliphatic rings. The van der Waals surface area contributed by atoms with Crippen molar-refractivity contribution in [3.05, 3.63) is 105 Å². The Hall–Kier alpha value is -3.34. The van der Waals surface area contributed by atoms with E-state index in [2.05, 4.69) is 0 Å². The Morgan fingerprint density at radius 3 is 2.34 bits per heavy atom. The van der Waals surface area contributed by atoms with Crippen molar-refractivity contribution in [1.82, 2.24) is 9.55 Å². The lowest BCUT2D eigenvalue weighted by atomic mass is 10.1. The lowest BCUT2D eigenvalue weighted by Gasteiger charge is -2.16. The van der Waals surface area contributed by atoms with Crippen molar-refractivity contribution in [2.75, 3.05) is 6.61 Å². The Morgan fingerprint density at radius 2 is 1.53 bits per heavy atom. The van der Waals surface area contributed by atoms with Crippen molar-refractivity contribution in [3.8, 4) is 17.1 Å². The molecule has 5 aromatic rings. The summed E-state index contributed by atoms with van der Waals surface area (Å²) in [4.78, 5) is 18.1. The maximum Gasteiger partial charge on any atom is 0.261 e. The van der Waals surface area contributed by atoms with Gasteiger partial charge < -0.3 is 4.74 Å². The molecule has 0 radical (unpaired) electrons. The molecule has 0 unspecified atom stereocenters. The van der Waals surface area contributed by atoms with Gasteiger partial charge in [0.05, 0.1) is 22.5 Å². The number of hydrogen-bond donors (Lipinski definition) is 0. The first-order valence-corrected chi connectivity index (χ1v) is 10.9. The van der Waals surface area contributed by atoms with Gasteiger partial charge in [0.1, 0.15) is 18.2 Å². The standard InChI is InChI=1S/C26H18Cl2N2O2/c27-19-12-9-18(10-13-19)25-29-23-8-4-3-7-21(23)26(31)30(25)15-16-32-24-20-6-2-1-5-17(20)11-14-22(24)28/h1-14H,15-16H2. The van der Waals surface area contributed by atoms with Crippen molar-refractivity contribution < 1.29 is 4.74 Å². The number of ether oxygens (including phenoxy) is 1. The van der Waals surface area contributed by atoms with Crippen molar-refractivity contribution >= 4 is 44.9 Å². The summed E-state index contributed by atoms with van der Waals surface area (Å²) in [5, 5.41) is 3.69. The van der Waals surface area contributed by atoms with Crippen LogP contribution in [0.2, 0.25) is 10.0 Å². The Labute approximate surface area is 194 Å². The van der Waals surface area contributed by atoms with E-state index in [9.17, 15) is 4.79 Å². The molecular formula is C26H18Cl2N2O2. The number of halogens is 2. The number of aromatic nitrogens is 2. The molecule has 0 bridgehead atoms. The van der Waals surface area contributed by atoms with E-state index in [1.165, 1.54) is 0 Å². The maximum absolute atomic E-state index is 13.3. The first kappa shape index (κ1) is 20.6. The van der Waals surface area contributed by atoms with E-state index in [0.717, 1.165) is 16.3 Å². The molecule has 1 heterocycles. The minimum Gasteiger partial charge on any atom is -0.490 e. The van der Waals surface area contributed by atoms with Crippen LogP contribution < -0.4 is 10.3 Å². The van der Waals surface area contributed by atoms with Gasteiger partial charge in [-0.1, -0.05) is 65.7 Å². The van der Waals surface area contributed by atoms with Crippen LogP contribution in [0.3, 0.4) is 0 Å². The summed E-state index contributed by atoms with van der Waals surface area (Å²) in [6.07, 6.45) is 0. The summed E-state index contributed by atoms with van der Waals surface area (Å²) in [6, 6.07) is 26.3. The first-order chi connectivity index (χ1) is 15.6. The quantitative estimate of drug-likeness (QED) is 0.296. The van der Waals surface area contributed by atoms with Crippen molar-refractivity contribution in [1.29, 1.82) is 0 Å². The normalized spacial score (nSPS) is 11.2. The molecular weight excluding hydrogens is 443 g/mol. The molecule has 0 atom stereocenters. The fraction of sp³-hybridized carbons (Fsp3) is 0.0769. The first-order valence-electron chi connectivity index (χ1n) is 10.2. The molecule has 0 spiro atoms. The summed E-state index contributed by atoms with van der Waals surface area (Å²) in [5.74, 6) is 1.18. The molecule has 32 heavy (non-hydrogen) atoms. The molecule has 1 aromatic heterocycles. The lowest BCUT2D eigenvalue weighted by molar-refractivity contribution is 0.300. The van der Waals surface area contributed by atoms with Crippen LogP contribution >= 0.6 is 23.2 Å². The number of hydrogen-bond acceptors (Lipinski definition) is 3. The van der Waals surface area contributed by atoms with E-state index >= 15 is 0 Å². The van der Waals surface area contributed by atoms with Gasteiger partial charge in [0.2, 0.25) is 0 Å². The highest BCUT2D eigenvalue weighted by Crippen LogP contribution is 2.33. The van der Waals surface area contributed by atoms with Crippen LogP contribution in [0.1, 0.15) is 0 Å². The molecule has 0 aliphatic heterocycles. The largest absolute Gasteiger partial charge is 0.490 e. The second-order valence-corrected chi connectivity index (χ2v) is 8.21. The fourth-order valence-corrected chi connectivity index (χ4v) is 4.14. The topological polar surface area (TPSA) is 44.1 Å². The van der Waals surface area contributed by atoms with Crippen LogP contribution in [0.15, 0.2) is 89.7 Å². The molecule has 0 N–H and O–H groups in total. The van der Waals surface area contributed by atoms with Crippen LogP contribution in [0.5, 0.6) is 5.75 Å². The summed E-state index contributed by atoms with van der Waals surface area (Å²) >= 11 is 12.5. The molecule has 158 valence electrons. The van der Waals surface area contributed by atoms with Gasteiger partial charge in [0, 0.05) is 16.0 Å². The third-order valence-electron chi connectivity index (χ3n) is 5.36. The third-order valence-corrected chi connectivity index (χ3v) is 5.91. The highest BCUT2D eigenvalue weighted by molar-refractivity contribution is 6.33. The van der Waals surface area contributed by atoms with Crippen molar-refractivity contribution in [2.45, 2.75) is 6.54 Å². The van der Waals surface area contributed by atoms with E-state index in [4.69, 9.17) is 32.9 Å². The molecule has 0 aliphatic carbocycles. The van der Waals surface area contributed by atoms with Crippen LogP contribution in [0.25, 0.3) is 33.1 Å². The third kappa shape index (κ3) is 3.83. The van der Waals surface area contributed by atoms with Gasteiger partial charge in [-0.05, 0) is 47.9 Å². The van der Waals surface area contributed by atoms with Crippen LogP contribution in [-0.4, -0.2) is 16.2 Å². The Bertz CT molecular complexity index is 1490. The van der Waals surface area contributed by atoms with Crippen LogP contribution in [0.4, 0.5) is 0 Å². The van der Waals surface area contributed by atoms with Gasteiger partial charge in [-0.25, -0.2) is 4.98 Å². The average molecular weight is 461 g/mol. The maximum atomic E-state index is 13.3. The number of benzene rings is 4. The highest BCUT2D eigenvalue weighted by Gasteiger charge is 2.14. The fourth-order valence-electron chi connectivity index (χ4n) is 3.80. The summed E-state index contributed by atoms with van der Waals surface area (Å²) < 4.78 is 7.73. The van der Waals surface area contributed by atoms with Crippen LogP contribution in [-0.2, 0) is 6.54 Å². The van der Waals surface area contributed by atoms with E-state index in [0.29, 0.717) is 39.1 Å². The average Bonchev–Trinajstić information content (AvgIpc) is 2.82.